The van der Waals surface area contributed by atoms with Crippen molar-refractivity contribution in [1.82, 2.24) is 9.97 Å². The number of rotatable bonds is 4. The van der Waals surface area contributed by atoms with Crippen LogP contribution < -0.4 is 5.32 Å². The minimum absolute atomic E-state index is 0.273. The Balaban J connectivity index is 1.60. The van der Waals surface area contributed by atoms with Crippen LogP contribution in [0.2, 0.25) is 0 Å². The molecule has 0 aliphatic rings. The fourth-order valence-electron chi connectivity index (χ4n) is 2.49. The van der Waals surface area contributed by atoms with Crippen LogP contribution >= 0.6 is 22.7 Å². The molecule has 0 saturated heterocycles. The lowest BCUT2D eigenvalue weighted by molar-refractivity contribution is 0.628. The Kier molecular flexibility index (Phi) is 4.29. The minimum Gasteiger partial charge on any atom is -0.331 e. The molecular formula is C19H14FN3S2. The summed E-state index contributed by atoms with van der Waals surface area (Å²) in [4.78, 5) is 10.5. The van der Waals surface area contributed by atoms with Gasteiger partial charge < -0.3 is 5.32 Å². The largest absolute Gasteiger partial charge is 0.331 e. The first-order valence-electron chi connectivity index (χ1n) is 7.70. The van der Waals surface area contributed by atoms with Crippen LogP contribution in [-0.4, -0.2) is 9.97 Å². The molecule has 0 spiro atoms. The number of halogens is 1. The van der Waals surface area contributed by atoms with Gasteiger partial charge in [-0.25, -0.2) is 14.4 Å². The zero-order valence-electron chi connectivity index (χ0n) is 13.4. The maximum Gasteiger partial charge on any atom is 0.187 e. The van der Waals surface area contributed by atoms with Gasteiger partial charge in [-0.2, -0.15) is 0 Å². The maximum absolute atomic E-state index is 13.3. The fourth-order valence-corrected chi connectivity index (χ4v) is 4.18. The third kappa shape index (κ3) is 3.45. The van der Waals surface area contributed by atoms with Gasteiger partial charge in [0, 0.05) is 21.5 Å². The molecule has 2 aromatic heterocycles. The van der Waals surface area contributed by atoms with E-state index < -0.39 is 0 Å². The van der Waals surface area contributed by atoms with Gasteiger partial charge in [0.1, 0.15) is 16.5 Å². The zero-order valence-corrected chi connectivity index (χ0v) is 15.0. The highest BCUT2D eigenvalue weighted by Crippen LogP contribution is 2.35. The normalized spacial score (nSPS) is 10.8. The van der Waals surface area contributed by atoms with Gasteiger partial charge in [-0.1, -0.05) is 36.4 Å². The van der Waals surface area contributed by atoms with Crippen molar-refractivity contribution in [2.45, 2.75) is 6.92 Å². The lowest BCUT2D eigenvalue weighted by Gasteiger charge is -2.01. The van der Waals surface area contributed by atoms with Crippen molar-refractivity contribution in [1.29, 1.82) is 0 Å². The molecule has 2 heterocycles. The second-order valence-corrected chi connectivity index (χ2v) is 7.52. The van der Waals surface area contributed by atoms with Crippen LogP contribution in [-0.2, 0) is 0 Å². The summed E-state index contributed by atoms with van der Waals surface area (Å²) in [5, 5.41) is 6.71. The van der Waals surface area contributed by atoms with E-state index in [-0.39, 0.29) is 5.82 Å². The first-order chi connectivity index (χ1) is 12.2. The summed E-state index contributed by atoms with van der Waals surface area (Å²) in [6, 6.07) is 16.5. The smallest absolute Gasteiger partial charge is 0.187 e. The predicted octanol–water partition coefficient (Wildman–Crippen LogP) is 6.12. The van der Waals surface area contributed by atoms with E-state index in [1.807, 2.05) is 29.6 Å². The lowest BCUT2D eigenvalue weighted by Crippen LogP contribution is -1.90. The summed E-state index contributed by atoms with van der Waals surface area (Å²) in [5.41, 5.74) is 3.62. The topological polar surface area (TPSA) is 37.8 Å². The first-order valence-corrected chi connectivity index (χ1v) is 9.40. The van der Waals surface area contributed by atoms with Crippen LogP contribution in [0.15, 0.2) is 60.0 Å². The monoisotopic (exact) mass is 367 g/mol. The average Bonchev–Trinajstić information content (AvgIpc) is 3.22. The molecule has 6 heteroatoms. The van der Waals surface area contributed by atoms with Gasteiger partial charge in [0.2, 0.25) is 0 Å². The molecule has 0 radical (unpaired) electrons. The van der Waals surface area contributed by atoms with Gasteiger partial charge in [-0.15, -0.1) is 22.7 Å². The SMILES string of the molecule is Cc1sc(-c2csc(Nc3cccc(F)c3)n2)nc1-c1ccccc1. The molecule has 1 N–H and O–H groups in total. The highest BCUT2D eigenvalue weighted by atomic mass is 32.1. The lowest BCUT2D eigenvalue weighted by atomic mass is 10.1. The van der Waals surface area contributed by atoms with E-state index in [9.17, 15) is 4.39 Å². The number of benzene rings is 2. The number of hydrogen-bond acceptors (Lipinski definition) is 5. The quantitative estimate of drug-likeness (QED) is 0.472. The van der Waals surface area contributed by atoms with Crippen LogP contribution in [0.3, 0.4) is 0 Å². The van der Waals surface area contributed by atoms with Crippen LogP contribution in [0.1, 0.15) is 4.88 Å². The van der Waals surface area contributed by atoms with E-state index in [1.165, 1.54) is 23.5 Å². The number of thiazole rings is 2. The first kappa shape index (κ1) is 15.9. The molecule has 4 aromatic rings. The molecule has 0 bridgehead atoms. The second kappa shape index (κ2) is 6.74. The van der Waals surface area contributed by atoms with Crippen molar-refractivity contribution in [3.05, 3.63) is 70.7 Å². The Bertz CT molecular complexity index is 1010. The third-order valence-corrected chi connectivity index (χ3v) is 5.39. The molecule has 124 valence electrons. The third-order valence-electron chi connectivity index (χ3n) is 3.64. The molecule has 25 heavy (non-hydrogen) atoms. The van der Waals surface area contributed by atoms with Crippen LogP contribution in [0.5, 0.6) is 0 Å². The molecule has 0 aliphatic carbocycles. The summed E-state index contributed by atoms with van der Waals surface area (Å²) >= 11 is 3.11. The van der Waals surface area contributed by atoms with E-state index in [0.717, 1.165) is 32.0 Å². The number of hydrogen-bond donors (Lipinski definition) is 1. The van der Waals surface area contributed by atoms with Crippen molar-refractivity contribution in [2.75, 3.05) is 5.32 Å². The number of aromatic nitrogens is 2. The predicted molar refractivity (Wildman–Crippen MR) is 103 cm³/mol. The van der Waals surface area contributed by atoms with Gasteiger partial charge >= 0.3 is 0 Å². The van der Waals surface area contributed by atoms with Crippen molar-refractivity contribution in [3.63, 3.8) is 0 Å². The Labute approximate surface area is 152 Å². The Morgan fingerprint density at radius 2 is 1.84 bits per heavy atom. The molecule has 3 nitrogen and oxygen atoms in total. The second-order valence-electron chi connectivity index (χ2n) is 5.46. The Hall–Kier alpha value is -2.57. The number of nitrogens with zero attached hydrogens (tertiary/aromatic N) is 2. The summed E-state index contributed by atoms with van der Waals surface area (Å²) in [5.74, 6) is -0.273. The standard InChI is InChI=1S/C19H14FN3S2/c1-12-17(13-6-3-2-4-7-13)23-18(25-12)16-11-24-19(22-16)21-15-9-5-8-14(20)10-15/h2-11H,1H3,(H,21,22). The average molecular weight is 367 g/mol. The summed E-state index contributed by atoms with van der Waals surface area (Å²) in [6.45, 7) is 2.07. The zero-order chi connectivity index (χ0) is 17.2. The van der Waals surface area contributed by atoms with Gasteiger partial charge in [0.15, 0.2) is 5.13 Å². The molecule has 0 saturated carbocycles. The molecule has 0 amide bonds. The number of nitrogens with one attached hydrogen (secondary N) is 1. The van der Waals surface area contributed by atoms with Gasteiger partial charge in [-0.05, 0) is 25.1 Å². The molecular weight excluding hydrogens is 353 g/mol. The van der Waals surface area contributed by atoms with E-state index >= 15 is 0 Å². The van der Waals surface area contributed by atoms with Crippen molar-refractivity contribution >= 4 is 33.5 Å². The van der Waals surface area contributed by atoms with E-state index in [1.54, 1.807) is 17.4 Å². The van der Waals surface area contributed by atoms with Gasteiger partial charge in [0.25, 0.3) is 0 Å². The summed E-state index contributed by atoms with van der Waals surface area (Å²) in [7, 11) is 0. The van der Waals surface area contributed by atoms with Crippen LogP contribution in [0.25, 0.3) is 22.0 Å². The molecule has 0 unspecified atom stereocenters. The molecule has 4 rings (SSSR count). The number of aryl methyl sites for hydroxylation is 1. The Morgan fingerprint density at radius 3 is 2.64 bits per heavy atom. The molecule has 0 atom stereocenters. The molecule has 0 aliphatic heterocycles. The van der Waals surface area contributed by atoms with Crippen molar-refractivity contribution in [3.8, 4) is 22.0 Å². The van der Waals surface area contributed by atoms with Crippen LogP contribution in [0.4, 0.5) is 15.2 Å². The summed E-state index contributed by atoms with van der Waals surface area (Å²) in [6.07, 6.45) is 0. The molecule has 0 fully saturated rings. The van der Waals surface area contributed by atoms with Gasteiger partial charge in [-0.3, -0.25) is 0 Å². The van der Waals surface area contributed by atoms with Gasteiger partial charge in [0.05, 0.1) is 5.69 Å². The maximum atomic E-state index is 13.3. The Morgan fingerprint density at radius 1 is 1.00 bits per heavy atom. The fraction of sp³-hybridized carbons (Fsp3) is 0.0526. The van der Waals surface area contributed by atoms with Crippen LogP contribution in [0, 0.1) is 12.7 Å². The number of anilines is 2. The molecule has 2 aromatic carbocycles. The highest BCUT2D eigenvalue weighted by molar-refractivity contribution is 7.17. The van der Waals surface area contributed by atoms with E-state index in [4.69, 9.17) is 4.98 Å². The minimum atomic E-state index is -0.273. The van der Waals surface area contributed by atoms with Crippen molar-refractivity contribution < 1.29 is 4.39 Å². The van der Waals surface area contributed by atoms with E-state index in [0.29, 0.717) is 5.69 Å². The van der Waals surface area contributed by atoms with E-state index in [2.05, 4.69) is 29.4 Å². The summed E-state index contributed by atoms with van der Waals surface area (Å²) < 4.78 is 13.3. The van der Waals surface area contributed by atoms with Crippen molar-refractivity contribution in [2.24, 2.45) is 0 Å². The highest BCUT2D eigenvalue weighted by Gasteiger charge is 2.14.